The molecule has 1 aromatic carbocycles. The zero-order chi connectivity index (χ0) is 19.3. The third kappa shape index (κ3) is 9.93. The van der Waals surface area contributed by atoms with E-state index in [1.54, 1.807) is 7.05 Å². The maximum Gasteiger partial charge on any atom is 0.191 e. The van der Waals surface area contributed by atoms with Gasteiger partial charge in [-0.1, -0.05) is 32.0 Å². The first kappa shape index (κ1) is 25.0. The van der Waals surface area contributed by atoms with Gasteiger partial charge in [-0.05, 0) is 31.2 Å². The molecule has 1 aromatic rings. The number of rotatable bonds is 11. The van der Waals surface area contributed by atoms with E-state index in [-0.39, 0.29) is 24.0 Å². The molecule has 1 atom stereocenters. The third-order valence-electron chi connectivity index (χ3n) is 4.30. The summed E-state index contributed by atoms with van der Waals surface area (Å²) < 4.78 is 17.1. The predicted octanol–water partition coefficient (Wildman–Crippen LogP) is 3.59. The first-order valence-corrected chi connectivity index (χ1v) is 10.0. The summed E-state index contributed by atoms with van der Waals surface area (Å²) in [6.07, 6.45) is 3.51. The van der Waals surface area contributed by atoms with Crippen molar-refractivity contribution in [3.05, 3.63) is 29.8 Å². The molecule has 2 rings (SSSR count). The summed E-state index contributed by atoms with van der Waals surface area (Å²) in [5.41, 5.74) is 1.13. The van der Waals surface area contributed by atoms with Crippen molar-refractivity contribution in [1.82, 2.24) is 10.6 Å². The number of benzene rings is 1. The topological polar surface area (TPSA) is 64.1 Å². The molecule has 0 amide bonds. The fraction of sp³-hybridized carbons (Fsp3) is 0.667. The highest BCUT2D eigenvalue weighted by atomic mass is 127. The minimum Gasteiger partial charge on any atom is -0.493 e. The molecule has 0 radical (unpaired) electrons. The molecule has 1 fully saturated rings. The van der Waals surface area contributed by atoms with Gasteiger partial charge in [0.15, 0.2) is 5.96 Å². The van der Waals surface area contributed by atoms with Gasteiger partial charge in [-0.2, -0.15) is 0 Å². The van der Waals surface area contributed by atoms with Gasteiger partial charge < -0.3 is 24.8 Å². The summed E-state index contributed by atoms with van der Waals surface area (Å²) in [4.78, 5) is 4.28. The van der Waals surface area contributed by atoms with E-state index in [0.29, 0.717) is 25.2 Å². The van der Waals surface area contributed by atoms with Crippen molar-refractivity contribution in [3.63, 3.8) is 0 Å². The SMILES string of the molecule is CN=C(NCCCOCC1CCCO1)NCc1ccccc1OCC(C)C.I. The van der Waals surface area contributed by atoms with Crippen LogP contribution in [0.25, 0.3) is 0 Å². The van der Waals surface area contributed by atoms with Gasteiger partial charge in [0.05, 0.1) is 19.3 Å². The molecule has 2 N–H and O–H groups in total. The highest BCUT2D eigenvalue weighted by Crippen LogP contribution is 2.18. The first-order valence-electron chi connectivity index (χ1n) is 10.0. The average Bonchev–Trinajstić information content (AvgIpc) is 3.19. The van der Waals surface area contributed by atoms with Crippen LogP contribution >= 0.6 is 24.0 Å². The van der Waals surface area contributed by atoms with E-state index in [2.05, 4.69) is 35.5 Å². The lowest BCUT2D eigenvalue weighted by atomic mass is 10.2. The zero-order valence-electron chi connectivity index (χ0n) is 17.4. The van der Waals surface area contributed by atoms with Gasteiger partial charge in [-0.25, -0.2) is 0 Å². The zero-order valence-corrected chi connectivity index (χ0v) is 19.7. The van der Waals surface area contributed by atoms with Crippen LogP contribution in [0.4, 0.5) is 0 Å². The maximum atomic E-state index is 5.91. The second-order valence-corrected chi connectivity index (χ2v) is 7.23. The Morgan fingerprint density at radius 3 is 2.82 bits per heavy atom. The Labute approximate surface area is 186 Å². The summed E-state index contributed by atoms with van der Waals surface area (Å²) in [7, 11) is 1.78. The number of halogens is 1. The normalized spacial score (nSPS) is 16.7. The van der Waals surface area contributed by atoms with Crippen LogP contribution in [-0.4, -0.2) is 52.1 Å². The molecule has 1 aliphatic heterocycles. The second kappa shape index (κ2) is 14.9. The number of aliphatic imine (C=N–C) groups is 1. The number of nitrogens with zero attached hydrogens (tertiary/aromatic N) is 1. The lowest BCUT2D eigenvalue weighted by molar-refractivity contribution is 0.0168. The van der Waals surface area contributed by atoms with Crippen molar-refractivity contribution in [2.45, 2.75) is 45.8 Å². The minimum absolute atomic E-state index is 0. The fourth-order valence-electron chi connectivity index (χ4n) is 2.82. The van der Waals surface area contributed by atoms with Crippen LogP contribution in [0.2, 0.25) is 0 Å². The summed E-state index contributed by atoms with van der Waals surface area (Å²) in [6.45, 7) is 8.82. The van der Waals surface area contributed by atoms with E-state index >= 15 is 0 Å². The molecule has 6 nitrogen and oxygen atoms in total. The number of nitrogens with one attached hydrogen (secondary N) is 2. The molecule has 160 valence electrons. The highest BCUT2D eigenvalue weighted by molar-refractivity contribution is 14.0. The summed E-state index contributed by atoms with van der Waals surface area (Å²) >= 11 is 0. The maximum absolute atomic E-state index is 5.91. The molecule has 0 aromatic heterocycles. The van der Waals surface area contributed by atoms with Crippen LogP contribution in [0.3, 0.4) is 0 Å². The van der Waals surface area contributed by atoms with E-state index < -0.39 is 0 Å². The molecule has 1 aliphatic rings. The quantitative estimate of drug-likeness (QED) is 0.208. The van der Waals surface area contributed by atoms with E-state index in [0.717, 1.165) is 62.9 Å². The molecule has 1 saturated heterocycles. The molecule has 0 saturated carbocycles. The van der Waals surface area contributed by atoms with Gasteiger partial charge in [-0.3, -0.25) is 4.99 Å². The van der Waals surface area contributed by atoms with Crippen molar-refractivity contribution >= 4 is 29.9 Å². The van der Waals surface area contributed by atoms with Gasteiger partial charge in [0, 0.05) is 38.9 Å². The molecule has 0 spiro atoms. The summed E-state index contributed by atoms with van der Waals surface area (Å²) in [5, 5.41) is 6.67. The Morgan fingerprint density at radius 2 is 2.11 bits per heavy atom. The van der Waals surface area contributed by atoms with E-state index in [4.69, 9.17) is 14.2 Å². The molecule has 1 heterocycles. The smallest absolute Gasteiger partial charge is 0.191 e. The van der Waals surface area contributed by atoms with Crippen molar-refractivity contribution in [1.29, 1.82) is 0 Å². The van der Waals surface area contributed by atoms with Crippen molar-refractivity contribution < 1.29 is 14.2 Å². The number of ether oxygens (including phenoxy) is 3. The monoisotopic (exact) mass is 505 g/mol. The van der Waals surface area contributed by atoms with Crippen LogP contribution in [0.1, 0.15) is 38.7 Å². The van der Waals surface area contributed by atoms with Gasteiger partial charge in [-0.15, -0.1) is 24.0 Å². The Hall–Kier alpha value is -1.06. The van der Waals surface area contributed by atoms with Crippen molar-refractivity contribution in [3.8, 4) is 5.75 Å². The largest absolute Gasteiger partial charge is 0.493 e. The number of hydrogen-bond donors (Lipinski definition) is 2. The number of hydrogen-bond acceptors (Lipinski definition) is 4. The molecule has 28 heavy (non-hydrogen) atoms. The van der Waals surface area contributed by atoms with Crippen LogP contribution < -0.4 is 15.4 Å². The van der Waals surface area contributed by atoms with Crippen molar-refractivity contribution in [2.75, 3.05) is 40.0 Å². The second-order valence-electron chi connectivity index (χ2n) is 7.23. The number of para-hydroxylation sites is 1. The molecular weight excluding hydrogens is 469 g/mol. The van der Waals surface area contributed by atoms with E-state index in [1.165, 1.54) is 0 Å². The van der Waals surface area contributed by atoms with Gasteiger partial charge in [0.2, 0.25) is 0 Å². The number of guanidine groups is 1. The lowest BCUT2D eigenvalue weighted by Gasteiger charge is -2.16. The van der Waals surface area contributed by atoms with Gasteiger partial charge in [0.1, 0.15) is 5.75 Å². The minimum atomic E-state index is 0. The molecular formula is C21H36IN3O3. The van der Waals surface area contributed by atoms with Gasteiger partial charge in [0.25, 0.3) is 0 Å². The van der Waals surface area contributed by atoms with E-state index in [9.17, 15) is 0 Å². The molecule has 0 aliphatic carbocycles. The molecule has 0 bridgehead atoms. The Kier molecular flexibility index (Phi) is 13.3. The predicted molar refractivity (Wildman–Crippen MR) is 125 cm³/mol. The lowest BCUT2D eigenvalue weighted by Crippen LogP contribution is -2.37. The molecule has 7 heteroatoms. The van der Waals surface area contributed by atoms with Crippen LogP contribution in [0.15, 0.2) is 29.3 Å². The summed E-state index contributed by atoms with van der Waals surface area (Å²) in [6, 6.07) is 8.12. The Bertz CT molecular complexity index is 564. The third-order valence-corrected chi connectivity index (χ3v) is 4.30. The van der Waals surface area contributed by atoms with E-state index in [1.807, 2.05) is 18.2 Å². The van der Waals surface area contributed by atoms with Crippen LogP contribution in [0.5, 0.6) is 5.75 Å². The van der Waals surface area contributed by atoms with Crippen molar-refractivity contribution in [2.24, 2.45) is 10.9 Å². The van der Waals surface area contributed by atoms with Gasteiger partial charge >= 0.3 is 0 Å². The Morgan fingerprint density at radius 1 is 1.29 bits per heavy atom. The summed E-state index contributed by atoms with van der Waals surface area (Å²) in [5.74, 6) is 2.22. The molecule has 1 unspecified atom stereocenters. The standard InChI is InChI=1S/C21H35N3O3.HI/c1-17(2)15-27-20-10-5-4-8-18(20)14-24-21(22-3)23-11-7-12-25-16-19-9-6-13-26-19;/h4-5,8,10,17,19H,6-7,9,11-16H2,1-3H3,(H2,22,23,24);1H. The van der Waals surface area contributed by atoms with Crippen LogP contribution in [0, 0.1) is 5.92 Å². The first-order chi connectivity index (χ1) is 13.2. The highest BCUT2D eigenvalue weighted by Gasteiger charge is 2.14. The average molecular weight is 505 g/mol. The fourth-order valence-corrected chi connectivity index (χ4v) is 2.82. The Balaban J connectivity index is 0.00000392. The van der Waals surface area contributed by atoms with Crippen LogP contribution in [-0.2, 0) is 16.0 Å².